The predicted octanol–water partition coefficient (Wildman–Crippen LogP) is 3.99. The van der Waals surface area contributed by atoms with Crippen LogP contribution in [0.15, 0.2) is 18.2 Å². The Labute approximate surface area is 124 Å². The number of aryl methyl sites for hydroxylation is 2. The second-order valence-corrected chi connectivity index (χ2v) is 5.11. The molecular formula is C13H13BrClFN2O. The van der Waals surface area contributed by atoms with E-state index in [2.05, 4.69) is 21.0 Å². The molecule has 0 saturated heterocycles. The van der Waals surface area contributed by atoms with Crippen molar-refractivity contribution in [3.8, 4) is 5.75 Å². The molecule has 0 spiro atoms. The lowest BCUT2D eigenvalue weighted by atomic mass is 10.2. The van der Waals surface area contributed by atoms with Gasteiger partial charge in [-0.3, -0.25) is 4.68 Å². The van der Waals surface area contributed by atoms with Crippen molar-refractivity contribution in [3.63, 3.8) is 0 Å². The van der Waals surface area contributed by atoms with E-state index in [1.807, 2.05) is 6.92 Å². The average molecular weight is 348 g/mol. The Kier molecular flexibility index (Phi) is 4.47. The third-order valence-corrected chi connectivity index (χ3v) is 3.86. The molecule has 6 heteroatoms. The number of nitrogens with zero attached hydrogens (tertiary/aromatic N) is 2. The van der Waals surface area contributed by atoms with E-state index in [-0.39, 0.29) is 12.4 Å². The van der Waals surface area contributed by atoms with Gasteiger partial charge in [-0.25, -0.2) is 4.39 Å². The lowest BCUT2D eigenvalue weighted by Crippen LogP contribution is -1.98. The first-order valence-corrected chi connectivity index (χ1v) is 7.17. The van der Waals surface area contributed by atoms with Crippen LogP contribution in [-0.2, 0) is 19.0 Å². The van der Waals surface area contributed by atoms with Gasteiger partial charge in [-0.05, 0) is 24.6 Å². The monoisotopic (exact) mass is 346 g/mol. The maximum atomic E-state index is 13.4. The van der Waals surface area contributed by atoms with Crippen LogP contribution in [0.4, 0.5) is 4.39 Å². The molecule has 3 nitrogen and oxygen atoms in total. The van der Waals surface area contributed by atoms with E-state index in [0.29, 0.717) is 16.2 Å². The average Bonchev–Trinajstić information content (AvgIpc) is 2.60. The third kappa shape index (κ3) is 3.28. The largest absolute Gasteiger partial charge is 0.489 e. The molecule has 19 heavy (non-hydrogen) atoms. The highest BCUT2D eigenvalue weighted by molar-refractivity contribution is 9.08. The summed E-state index contributed by atoms with van der Waals surface area (Å²) in [6.45, 7) is 2.13. The molecule has 0 saturated carbocycles. The van der Waals surface area contributed by atoms with Crippen molar-refractivity contribution in [2.45, 2.75) is 18.9 Å². The topological polar surface area (TPSA) is 27.1 Å². The maximum Gasteiger partial charge on any atom is 0.133 e. The van der Waals surface area contributed by atoms with E-state index >= 15 is 0 Å². The van der Waals surface area contributed by atoms with Gasteiger partial charge in [0.1, 0.15) is 23.3 Å². The second-order valence-electron chi connectivity index (χ2n) is 4.20. The van der Waals surface area contributed by atoms with Crippen LogP contribution in [0.5, 0.6) is 5.75 Å². The Balaban J connectivity index is 2.16. The van der Waals surface area contributed by atoms with Gasteiger partial charge >= 0.3 is 0 Å². The number of aromatic nitrogens is 2. The lowest BCUT2D eigenvalue weighted by molar-refractivity contribution is 0.303. The Morgan fingerprint density at radius 3 is 2.74 bits per heavy atom. The Hall–Kier alpha value is -1.07. The highest BCUT2D eigenvalue weighted by Crippen LogP contribution is 2.23. The van der Waals surface area contributed by atoms with Crippen molar-refractivity contribution in [1.29, 1.82) is 0 Å². The first kappa shape index (κ1) is 14.3. The van der Waals surface area contributed by atoms with E-state index in [4.69, 9.17) is 16.3 Å². The quantitative estimate of drug-likeness (QED) is 0.782. The fourth-order valence-electron chi connectivity index (χ4n) is 1.77. The minimum absolute atomic E-state index is 0.268. The van der Waals surface area contributed by atoms with Crippen LogP contribution in [0.25, 0.3) is 0 Å². The molecule has 1 heterocycles. The minimum atomic E-state index is -0.319. The Bertz CT molecular complexity index is 601. The number of benzene rings is 1. The van der Waals surface area contributed by atoms with Gasteiger partial charge in [0.25, 0.3) is 0 Å². The molecule has 0 N–H and O–H groups in total. The zero-order chi connectivity index (χ0) is 14.0. The Morgan fingerprint density at radius 1 is 1.42 bits per heavy atom. The summed E-state index contributed by atoms with van der Waals surface area (Å²) >= 11 is 9.40. The summed E-state index contributed by atoms with van der Waals surface area (Å²) in [4.78, 5) is 0. The SMILES string of the molecule is Cc1nn(C)c(Cl)c1COc1cc(F)cc(CBr)c1. The zero-order valence-electron chi connectivity index (χ0n) is 10.6. The highest BCUT2D eigenvalue weighted by Gasteiger charge is 2.12. The number of rotatable bonds is 4. The molecule has 0 amide bonds. The van der Waals surface area contributed by atoms with Crippen LogP contribution in [0.1, 0.15) is 16.8 Å². The fraction of sp³-hybridized carbons (Fsp3) is 0.308. The molecule has 0 aliphatic rings. The zero-order valence-corrected chi connectivity index (χ0v) is 12.9. The Morgan fingerprint density at radius 2 is 2.16 bits per heavy atom. The van der Waals surface area contributed by atoms with Crippen molar-refractivity contribution < 1.29 is 9.13 Å². The molecule has 2 aromatic rings. The smallest absolute Gasteiger partial charge is 0.133 e. The first-order chi connectivity index (χ1) is 9.01. The molecule has 2 rings (SSSR count). The molecule has 0 aliphatic carbocycles. The van der Waals surface area contributed by atoms with E-state index in [1.165, 1.54) is 12.1 Å². The van der Waals surface area contributed by atoms with E-state index < -0.39 is 0 Å². The van der Waals surface area contributed by atoms with Crippen molar-refractivity contribution in [1.82, 2.24) is 9.78 Å². The second kappa shape index (κ2) is 5.92. The molecule has 0 unspecified atom stereocenters. The minimum Gasteiger partial charge on any atom is -0.489 e. The van der Waals surface area contributed by atoms with Gasteiger partial charge < -0.3 is 4.74 Å². The summed E-state index contributed by atoms with van der Waals surface area (Å²) in [6.07, 6.45) is 0. The van der Waals surface area contributed by atoms with Gasteiger partial charge in [0, 0.05) is 24.0 Å². The van der Waals surface area contributed by atoms with Crippen molar-refractivity contribution >= 4 is 27.5 Å². The van der Waals surface area contributed by atoms with Crippen LogP contribution < -0.4 is 4.74 Å². The summed E-state index contributed by atoms with van der Waals surface area (Å²) in [5.74, 6) is 0.162. The van der Waals surface area contributed by atoms with Gasteiger partial charge in [-0.1, -0.05) is 27.5 Å². The molecule has 0 fully saturated rings. The maximum absolute atomic E-state index is 13.4. The summed E-state index contributed by atoms with van der Waals surface area (Å²) in [5, 5.41) is 5.31. The third-order valence-electron chi connectivity index (χ3n) is 2.74. The normalized spacial score (nSPS) is 10.8. The molecule has 0 radical (unpaired) electrons. The van der Waals surface area contributed by atoms with Gasteiger partial charge in [0.2, 0.25) is 0 Å². The van der Waals surface area contributed by atoms with Crippen LogP contribution in [0.3, 0.4) is 0 Å². The van der Waals surface area contributed by atoms with Crippen molar-refractivity contribution in [2.24, 2.45) is 7.05 Å². The van der Waals surface area contributed by atoms with Crippen LogP contribution in [0.2, 0.25) is 5.15 Å². The molecule has 1 aromatic carbocycles. The molecular weight excluding hydrogens is 335 g/mol. The summed E-state index contributed by atoms with van der Waals surface area (Å²) in [6, 6.07) is 4.60. The molecule has 0 aliphatic heterocycles. The van der Waals surface area contributed by atoms with Gasteiger partial charge in [0.15, 0.2) is 0 Å². The predicted molar refractivity (Wildman–Crippen MR) is 76.3 cm³/mol. The number of alkyl halides is 1. The van der Waals surface area contributed by atoms with E-state index in [1.54, 1.807) is 17.8 Å². The highest BCUT2D eigenvalue weighted by atomic mass is 79.9. The molecule has 102 valence electrons. The molecule has 1 aromatic heterocycles. The van der Waals surface area contributed by atoms with Crippen LogP contribution >= 0.6 is 27.5 Å². The van der Waals surface area contributed by atoms with E-state index in [9.17, 15) is 4.39 Å². The van der Waals surface area contributed by atoms with Gasteiger partial charge in [-0.15, -0.1) is 0 Å². The summed E-state index contributed by atoms with van der Waals surface area (Å²) in [7, 11) is 1.77. The lowest BCUT2D eigenvalue weighted by Gasteiger charge is -2.07. The number of hydrogen-bond donors (Lipinski definition) is 0. The number of halogens is 3. The van der Waals surface area contributed by atoms with Crippen LogP contribution in [0, 0.1) is 12.7 Å². The summed E-state index contributed by atoms with van der Waals surface area (Å²) < 4.78 is 20.5. The molecule has 0 atom stereocenters. The van der Waals surface area contributed by atoms with Gasteiger partial charge in [0.05, 0.1) is 5.69 Å². The fourth-order valence-corrected chi connectivity index (χ4v) is 2.33. The van der Waals surface area contributed by atoms with Crippen molar-refractivity contribution in [3.05, 3.63) is 46.0 Å². The van der Waals surface area contributed by atoms with Gasteiger partial charge in [-0.2, -0.15) is 5.10 Å². The molecule has 0 bridgehead atoms. The van der Waals surface area contributed by atoms with Crippen molar-refractivity contribution in [2.75, 3.05) is 0 Å². The number of hydrogen-bond acceptors (Lipinski definition) is 2. The first-order valence-electron chi connectivity index (χ1n) is 5.67. The van der Waals surface area contributed by atoms with E-state index in [0.717, 1.165) is 16.8 Å². The summed E-state index contributed by atoms with van der Waals surface area (Å²) in [5.41, 5.74) is 2.45. The van der Waals surface area contributed by atoms with Crippen LogP contribution in [-0.4, -0.2) is 9.78 Å². The standard InChI is InChI=1S/C13H13BrClFN2O/c1-8-12(13(15)18(2)17-8)7-19-11-4-9(6-14)3-10(16)5-11/h3-5H,6-7H2,1-2H3. The number of ether oxygens (including phenoxy) is 1.